The van der Waals surface area contributed by atoms with Crippen molar-refractivity contribution in [2.75, 3.05) is 21.1 Å². The van der Waals surface area contributed by atoms with Gasteiger partial charge >= 0.3 is 0 Å². The summed E-state index contributed by atoms with van der Waals surface area (Å²) >= 11 is 0. The first-order chi connectivity index (χ1) is 12.6. The van der Waals surface area contributed by atoms with E-state index in [1.165, 1.54) is 11.1 Å². The summed E-state index contributed by atoms with van der Waals surface area (Å²) < 4.78 is 5.42. The summed E-state index contributed by atoms with van der Waals surface area (Å²) in [6.07, 6.45) is 1.71. The molecule has 6 nitrogen and oxygen atoms in total. The van der Waals surface area contributed by atoms with E-state index in [0.717, 1.165) is 48.9 Å². The van der Waals surface area contributed by atoms with Crippen molar-refractivity contribution in [3.05, 3.63) is 52.4 Å². The highest BCUT2D eigenvalue weighted by atomic mass is 16.5. The molecule has 0 unspecified atom stereocenters. The van der Waals surface area contributed by atoms with Crippen molar-refractivity contribution < 1.29 is 4.52 Å². The summed E-state index contributed by atoms with van der Waals surface area (Å²) in [6, 6.07) is 8.61. The molecular weight excluding hydrogens is 326 g/mol. The van der Waals surface area contributed by atoms with E-state index in [1.54, 1.807) is 7.05 Å². The van der Waals surface area contributed by atoms with Gasteiger partial charge in [0, 0.05) is 38.7 Å². The molecule has 142 valence electrons. The Morgan fingerprint density at radius 2 is 1.85 bits per heavy atom. The predicted octanol–water partition coefficient (Wildman–Crippen LogP) is 2.73. The Morgan fingerprint density at radius 3 is 2.50 bits per heavy atom. The molecule has 0 radical (unpaired) electrons. The lowest BCUT2D eigenvalue weighted by atomic mass is 10.1. The maximum Gasteiger partial charge on any atom is 0.191 e. The molecule has 0 bridgehead atoms. The maximum absolute atomic E-state index is 5.42. The lowest BCUT2D eigenvalue weighted by Gasteiger charge is -2.14. The summed E-state index contributed by atoms with van der Waals surface area (Å²) in [5.41, 5.74) is 4.70. The van der Waals surface area contributed by atoms with Crippen molar-refractivity contribution in [1.82, 2.24) is 20.7 Å². The van der Waals surface area contributed by atoms with Gasteiger partial charge in [0.1, 0.15) is 5.76 Å². The van der Waals surface area contributed by atoms with Crippen LogP contribution in [-0.2, 0) is 32.5 Å². The molecule has 1 aromatic carbocycles. The number of benzene rings is 1. The lowest BCUT2D eigenvalue weighted by Crippen LogP contribution is -2.36. The van der Waals surface area contributed by atoms with Crippen LogP contribution in [0, 0.1) is 0 Å². The number of aryl methyl sites for hydroxylation is 2. The first kappa shape index (κ1) is 20.0. The highest BCUT2D eigenvalue weighted by Crippen LogP contribution is 2.15. The number of rotatable bonds is 8. The largest absolute Gasteiger partial charge is 0.361 e. The van der Waals surface area contributed by atoms with Crippen LogP contribution in [-0.4, -0.2) is 37.2 Å². The van der Waals surface area contributed by atoms with Crippen LogP contribution in [0.2, 0.25) is 0 Å². The molecule has 0 fully saturated rings. The van der Waals surface area contributed by atoms with E-state index in [0.29, 0.717) is 6.54 Å². The Kier molecular flexibility index (Phi) is 7.66. The van der Waals surface area contributed by atoms with Gasteiger partial charge in [-0.25, -0.2) is 0 Å². The standard InChI is InChI=1S/C20H31N5O/c1-6-18-17(19(7-2)26-24-18)13-23-20(21-3)22-12-15-9-8-10-16(11-15)14-25(4)5/h8-11H,6-7,12-14H2,1-5H3,(H2,21,22,23). The van der Waals surface area contributed by atoms with Crippen LogP contribution in [0.5, 0.6) is 0 Å². The first-order valence-corrected chi connectivity index (χ1v) is 9.20. The fraction of sp³-hybridized carbons (Fsp3) is 0.500. The fourth-order valence-electron chi connectivity index (χ4n) is 2.92. The summed E-state index contributed by atoms with van der Waals surface area (Å²) in [5, 5.41) is 10.9. The van der Waals surface area contributed by atoms with Gasteiger partial charge in [-0.1, -0.05) is 43.3 Å². The molecule has 0 atom stereocenters. The van der Waals surface area contributed by atoms with E-state index in [-0.39, 0.29) is 0 Å². The summed E-state index contributed by atoms with van der Waals surface area (Å²) in [4.78, 5) is 6.49. The molecule has 0 aliphatic carbocycles. The molecule has 26 heavy (non-hydrogen) atoms. The molecule has 0 amide bonds. The third-order valence-electron chi connectivity index (χ3n) is 4.21. The highest BCUT2D eigenvalue weighted by molar-refractivity contribution is 5.79. The van der Waals surface area contributed by atoms with Crippen LogP contribution in [0.15, 0.2) is 33.8 Å². The number of guanidine groups is 1. The normalized spacial score (nSPS) is 11.8. The van der Waals surface area contributed by atoms with E-state index < -0.39 is 0 Å². The average Bonchev–Trinajstić information content (AvgIpc) is 3.03. The van der Waals surface area contributed by atoms with E-state index in [2.05, 4.69) is 77.9 Å². The molecule has 6 heteroatoms. The second-order valence-corrected chi connectivity index (χ2v) is 6.58. The number of aliphatic imine (C=N–C) groups is 1. The molecule has 1 heterocycles. The summed E-state index contributed by atoms with van der Waals surface area (Å²) in [5.74, 6) is 1.72. The zero-order valence-electron chi connectivity index (χ0n) is 16.6. The highest BCUT2D eigenvalue weighted by Gasteiger charge is 2.13. The van der Waals surface area contributed by atoms with Gasteiger partial charge in [0.25, 0.3) is 0 Å². The molecule has 2 N–H and O–H groups in total. The quantitative estimate of drug-likeness (QED) is 0.562. The van der Waals surface area contributed by atoms with E-state index in [1.807, 2.05) is 0 Å². The van der Waals surface area contributed by atoms with Crippen molar-refractivity contribution in [2.24, 2.45) is 4.99 Å². The van der Waals surface area contributed by atoms with Crippen molar-refractivity contribution >= 4 is 5.96 Å². The van der Waals surface area contributed by atoms with Gasteiger partial charge in [-0.3, -0.25) is 4.99 Å². The average molecular weight is 358 g/mol. The molecule has 2 aromatic rings. The molecule has 0 aliphatic rings. The topological polar surface area (TPSA) is 65.7 Å². The van der Waals surface area contributed by atoms with Gasteiger partial charge in [0.15, 0.2) is 5.96 Å². The van der Waals surface area contributed by atoms with E-state index in [4.69, 9.17) is 4.52 Å². The second-order valence-electron chi connectivity index (χ2n) is 6.58. The zero-order valence-corrected chi connectivity index (χ0v) is 16.6. The number of hydrogen-bond acceptors (Lipinski definition) is 4. The SMILES string of the molecule is CCc1noc(CC)c1CNC(=NC)NCc1cccc(CN(C)C)c1. The Bertz CT molecular complexity index is 699. The molecule has 1 aromatic heterocycles. The maximum atomic E-state index is 5.42. The molecule has 0 saturated carbocycles. The molecule has 0 saturated heterocycles. The Labute approximate surface area is 156 Å². The zero-order chi connectivity index (χ0) is 18.9. The van der Waals surface area contributed by atoms with Crippen molar-refractivity contribution in [2.45, 2.75) is 46.3 Å². The second kappa shape index (κ2) is 9.97. The third-order valence-corrected chi connectivity index (χ3v) is 4.21. The van der Waals surface area contributed by atoms with E-state index in [9.17, 15) is 0 Å². The Hall–Kier alpha value is -2.34. The van der Waals surface area contributed by atoms with Crippen LogP contribution in [0.1, 0.15) is 42.0 Å². The van der Waals surface area contributed by atoms with Crippen LogP contribution in [0.3, 0.4) is 0 Å². The molecule has 2 rings (SSSR count). The van der Waals surface area contributed by atoms with Crippen LogP contribution in [0.4, 0.5) is 0 Å². The van der Waals surface area contributed by atoms with Crippen LogP contribution < -0.4 is 10.6 Å². The van der Waals surface area contributed by atoms with Gasteiger partial charge in [-0.05, 0) is 31.6 Å². The summed E-state index contributed by atoms with van der Waals surface area (Å²) in [7, 11) is 5.94. The van der Waals surface area contributed by atoms with Crippen molar-refractivity contribution in [3.63, 3.8) is 0 Å². The van der Waals surface area contributed by atoms with Gasteiger partial charge in [-0.2, -0.15) is 0 Å². The number of hydrogen-bond donors (Lipinski definition) is 2. The van der Waals surface area contributed by atoms with Gasteiger partial charge in [-0.15, -0.1) is 0 Å². The third kappa shape index (κ3) is 5.59. The summed E-state index contributed by atoms with van der Waals surface area (Å²) in [6.45, 7) is 6.50. The minimum absolute atomic E-state index is 0.663. The van der Waals surface area contributed by atoms with Crippen LogP contribution >= 0.6 is 0 Å². The van der Waals surface area contributed by atoms with Crippen molar-refractivity contribution in [1.29, 1.82) is 0 Å². The lowest BCUT2D eigenvalue weighted by molar-refractivity contribution is 0.380. The predicted molar refractivity (Wildman–Crippen MR) is 106 cm³/mol. The molecule has 0 aliphatic heterocycles. The minimum Gasteiger partial charge on any atom is -0.361 e. The number of aromatic nitrogens is 1. The Balaban J connectivity index is 1.93. The van der Waals surface area contributed by atoms with E-state index >= 15 is 0 Å². The fourth-order valence-corrected chi connectivity index (χ4v) is 2.92. The minimum atomic E-state index is 0.663. The number of nitrogens with zero attached hydrogens (tertiary/aromatic N) is 3. The molecule has 0 spiro atoms. The van der Waals surface area contributed by atoms with Gasteiger partial charge in [0.05, 0.1) is 5.69 Å². The smallest absolute Gasteiger partial charge is 0.191 e. The van der Waals surface area contributed by atoms with Crippen LogP contribution in [0.25, 0.3) is 0 Å². The van der Waals surface area contributed by atoms with Crippen molar-refractivity contribution in [3.8, 4) is 0 Å². The first-order valence-electron chi connectivity index (χ1n) is 9.20. The van der Waals surface area contributed by atoms with Gasteiger partial charge < -0.3 is 20.1 Å². The Morgan fingerprint density at radius 1 is 1.12 bits per heavy atom. The number of nitrogens with one attached hydrogen (secondary N) is 2. The molecular formula is C20H31N5O. The van der Waals surface area contributed by atoms with Gasteiger partial charge in [0.2, 0.25) is 0 Å². The monoisotopic (exact) mass is 357 g/mol.